The highest BCUT2D eigenvalue weighted by Gasteiger charge is 2.03. The highest BCUT2D eigenvalue weighted by molar-refractivity contribution is 7.15. The van der Waals surface area contributed by atoms with E-state index in [0.717, 1.165) is 22.1 Å². The van der Waals surface area contributed by atoms with Gasteiger partial charge in [0.25, 0.3) is 0 Å². The number of nitrogens with one attached hydrogen (secondary N) is 1. The summed E-state index contributed by atoms with van der Waals surface area (Å²) in [7, 11) is 0. The molecule has 2 rings (SSSR count). The van der Waals surface area contributed by atoms with Crippen molar-refractivity contribution in [1.29, 1.82) is 0 Å². The second-order valence-electron chi connectivity index (χ2n) is 4.74. The second kappa shape index (κ2) is 6.52. The molecule has 1 aromatic carbocycles. The first-order valence-electron chi connectivity index (χ1n) is 6.55. The molecule has 0 radical (unpaired) electrons. The number of para-hydroxylation sites is 1. The van der Waals surface area contributed by atoms with Crippen molar-refractivity contribution in [3.8, 4) is 5.75 Å². The van der Waals surface area contributed by atoms with Crippen LogP contribution in [0, 0.1) is 13.8 Å². The Labute approximate surface area is 123 Å². The van der Waals surface area contributed by atoms with Crippen molar-refractivity contribution in [2.45, 2.75) is 33.8 Å². The zero-order chi connectivity index (χ0) is 14.5. The fourth-order valence-corrected chi connectivity index (χ4v) is 2.39. The van der Waals surface area contributed by atoms with Gasteiger partial charge < -0.3 is 4.74 Å². The Kier molecular flexibility index (Phi) is 4.74. The van der Waals surface area contributed by atoms with Crippen LogP contribution < -0.4 is 10.2 Å². The molecular formula is C15H19N3OS. The van der Waals surface area contributed by atoms with Crippen LogP contribution >= 0.6 is 11.3 Å². The summed E-state index contributed by atoms with van der Waals surface area (Å²) in [6, 6.07) is 7.84. The number of ether oxygens (including phenoxy) is 1. The van der Waals surface area contributed by atoms with Gasteiger partial charge >= 0.3 is 0 Å². The molecule has 1 N–H and O–H groups in total. The van der Waals surface area contributed by atoms with Crippen LogP contribution in [-0.4, -0.2) is 17.3 Å². The van der Waals surface area contributed by atoms with Crippen LogP contribution in [0.4, 0.5) is 5.13 Å². The maximum Gasteiger partial charge on any atom is 0.203 e. The first kappa shape index (κ1) is 14.5. The van der Waals surface area contributed by atoms with E-state index in [0.29, 0.717) is 0 Å². The number of nitrogens with zero attached hydrogens (tertiary/aromatic N) is 2. The first-order chi connectivity index (χ1) is 9.56. The van der Waals surface area contributed by atoms with E-state index in [1.54, 1.807) is 17.6 Å². The summed E-state index contributed by atoms with van der Waals surface area (Å²) in [5.74, 6) is 0.833. The van der Waals surface area contributed by atoms with Crippen molar-refractivity contribution in [1.82, 2.24) is 4.98 Å². The third-order valence-corrected chi connectivity index (χ3v) is 3.65. The summed E-state index contributed by atoms with van der Waals surface area (Å²) in [5.41, 5.74) is 4.94. The van der Waals surface area contributed by atoms with E-state index in [1.165, 1.54) is 4.88 Å². The summed E-state index contributed by atoms with van der Waals surface area (Å²) in [5, 5.41) is 5.03. The van der Waals surface area contributed by atoms with E-state index in [1.807, 2.05) is 52.0 Å². The van der Waals surface area contributed by atoms with E-state index < -0.39 is 0 Å². The Balaban J connectivity index is 2.07. The lowest BCUT2D eigenvalue weighted by atomic mass is 10.2. The highest BCUT2D eigenvalue weighted by atomic mass is 32.1. The molecule has 2 aromatic rings. The second-order valence-corrected chi connectivity index (χ2v) is 5.94. The van der Waals surface area contributed by atoms with Gasteiger partial charge in [-0.1, -0.05) is 12.1 Å². The molecule has 0 aliphatic carbocycles. The summed E-state index contributed by atoms with van der Waals surface area (Å²) >= 11 is 1.60. The fourth-order valence-electron chi connectivity index (χ4n) is 1.63. The van der Waals surface area contributed by atoms with Crippen molar-refractivity contribution >= 4 is 22.7 Å². The third-order valence-electron chi connectivity index (χ3n) is 2.67. The zero-order valence-corrected chi connectivity index (χ0v) is 13.0. The number of anilines is 1. The van der Waals surface area contributed by atoms with E-state index >= 15 is 0 Å². The molecule has 1 heterocycles. The van der Waals surface area contributed by atoms with Gasteiger partial charge in [-0.2, -0.15) is 5.10 Å². The van der Waals surface area contributed by atoms with Crippen molar-refractivity contribution in [2.75, 3.05) is 5.43 Å². The lowest BCUT2D eigenvalue weighted by Crippen LogP contribution is -2.07. The number of rotatable bonds is 5. The van der Waals surface area contributed by atoms with Gasteiger partial charge in [-0.25, -0.2) is 4.98 Å². The van der Waals surface area contributed by atoms with Crippen LogP contribution in [0.15, 0.2) is 29.4 Å². The van der Waals surface area contributed by atoms with Gasteiger partial charge in [0.15, 0.2) is 0 Å². The maximum atomic E-state index is 5.74. The molecule has 0 atom stereocenters. The first-order valence-corrected chi connectivity index (χ1v) is 7.36. The molecule has 0 amide bonds. The molecule has 0 saturated carbocycles. The van der Waals surface area contributed by atoms with Crippen molar-refractivity contribution in [2.24, 2.45) is 5.10 Å². The summed E-state index contributed by atoms with van der Waals surface area (Å²) in [6.45, 7) is 8.06. The minimum atomic E-state index is 0.141. The number of hydrogen-bond acceptors (Lipinski definition) is 5. The Morgan fingerprint density at radius 2 is 2.05 bits per heavy atom. The normalized spacial score (nSPS) is 11.2. The Morgan fingerprint density at radius 1 is 1.30 bits per heavy atom. The molecule has 1 aromatic heterocycles. The van der Waals surface area contributed by atoms with Crippen LogP contribution in [0.25, 0.3) is 0 Å². The quantitative estimate of drug-likeness (QED) is 0.668. The summed E-state index contributed by atoms with van der Waals surface area (Å²) in [6.07, 6.45) is 1.89. The van der Waals surface area contributed by atoms with E-state index in [9.17, 15) is 0 Å². The minimum Gasteiger partial charge on any atom is -0.490 e. The molecular weight excluding hydrogens is 270 g/mol. The monoisotopic (exact) mass is 289 g/mol. The fraction of sp³-hybridized carbons (Fsp3) is 0.333. The van der Waals surface area contributed by atoms with Crippen LogP contribution in [0.2, 0.25) is 0 Å². The molecule has 4 nitrogen and oxygen atoms in total. The number of hydrogen-bond donors (Lipinski definition) is 1. The van der Waals surface area contributed by atoms with Crippen molar-refractivity contribution in [3.05, 3.63) is 40.4 Å². The molecule has 5 heteroatoms. The number of thiazole rings is 1. The van der Waals surface area contributed by atoms with Gasteiger partial charge in [0.1, 0.15) is 5.75 Å². The molecule has 0 unspecified atom stereocenters. The number of aromatic nitrogens is 1. The van der Waals surface area contributed by atoms with Gasteiger partial charge in [-0.3, -0.25) is 5.43 Å². The average molecular weight is 289 g/mol. The number of benzene rings is 1. The lowest BCUT2D eigenvalue weighted by Gasteiger charge is -2.11. The number of aryl methyl sites for hydroxylation is 2. The van der Waals surface area contributed by atoms with E-state index in [2.05, 4.69) is 15.5 Å². The molecule has 0 spiro atoms. The predicted octanol–water partition coefficient (Wildman–Crippen LogP) is 3.99. The topological polar surface area (TPSA) is 46.5 Å². The van der Waals surface area contributed by atoms with Gasteiger partial charge in [0, 0.05) is 10.4 Å². The highest BCUT2D eigenvalue weighted by Crippen LogP contribution is 2.21. The van der Waals surface area contributed by atoms with Crippen LogP contribution in [0.3, 0.4) is 0 Å². The van der Waals surface area contributed by atoms with Gasteiger partial charge in [-0.15, -0.1) is 11.3 Å². The minimum absolute atomic E-state index is 0.141. The molecule has 0 aliphatic heterocycles. The SMILES string of the molecule is Cc1nc(N/N=C/c2ccccc2OC(C)C)sc1C. The molecule has 0 saturated heterocycles. The molecule has 106 valence electrons. The Hall–Kier alpha value is -1.88. The Bertz CT molecular complexity index is 585. The lowest BCUT2D eigenvalue weighted by molar-refractivity contribution is 0.242. The summed E-state index contributed by atoms with van der Waals surface area (Å²) in [4.78, 5) is 5.57. The predicted molar refractivity (Wildman–Crippen MR) is 85.0 cm³/mol. The van der Waals surface area contributed by atoms with Gasteiger partial charge in [-0.05, 0) is 39.8 Å². The smallest absolute Gasteiger partial charge is 0.203 e. The summed E-state index contributed by atoms with van der Waals surface area (Å²) < 4.78 is 5.74. The maximum absolute atomic E-state index is 5.74. The van der Waals surface area contributed by atoms with Gasteiger partial charge in [0.05, 0.1) is 18.0 Å². The van der Waals surface area contributed by atoms with Crippen LogP contribution in [0.5, 0.6) is 5.75 Å². The van der Waals surface area contributed by atoms with E-state index in [4.69, 9.17) is 4.74 Å². The molecule has 0 fully saturated rings. The van der Waals surface area contributed by atoms with Crippen LogP contribution in [0.1, 0.15) is 30.0 Å². The van der Waals surface area contributed by atoms with E-state index in [-0.39, 0.29) is 6.10 Å². The molecule has 20 heavy (non-hydrogen) atoms. The number of hydrazone groups is 1. The zero-order valence-electron chi connectivity index (χ0n) is 12.2. The average Bonchev–Trinajstić information content (AvgIpc) is 2.70. The standard InChI is InChI=1S/C15H19N3OS/c1-10(2)19-14-8-6-5-7-13(14)9-16-18-15-17-11(3)12(4)20-15/h5-10H,1-4H3,(H,17,18)/b16-9+. The Morgan fingerprint density at radius 3 is 2.70 bits per heavy atom. The van der Waals surface area contributed by atoms with Crippen molar-refractivity contribution in [3.63, 3.8) is 0 Å². The molecule has 0 aliphatic rings. The molecule has 0 bridgehead atoms. The largest absolute Gasteiger partial charge is 0.490 e. The van der Waals surface area contributed by atoms with Crippen molar-refractivity contribution < 1.29 is 4.74 Å². The van der Waals surface area contributed by atoms with Crippen LogP contribution in [-0.2, 0) is 0 Å². The van der Waals surface area contributed by atoms with Gasteiger partial charge in [0.2, 0.25) is 5.13 Å². The third kappa shape index (κ3) is 3.81.